The van der Waals surface area contributed by atoms with Crippen molar-refractivity contribution in [3.63, 3.8) is 0 Å². The van der Waals surface area contributed by atoms with Crippen molar-refractivity contribution in [1.82, 2.24) is 10.6 Å². The van der Waals surface area contributed by atoms with Gasteiger partial charge in [-0.2, -0.15) is 0 Å². The number of nitrogens with one attached hydrogen (secondary N) is 2. The van der Waals surface area contributed by atoms with Crippen molar-refractivity contribution >= 4 is 18.0 Å². The fourth-order valence-electron chi connectivity index (χ4n) is 3.34. The molecule has 162 valence electrons. The molecule has 0 aromatic heterocycles. The van der Waals surface area contributed by atoms with Gasteiger partial charge in [-0.05, 0) is 73.1 Å². The van der Waals surface area contributed by atoms with E-state index in [1.807, 2.05) is 41.5 Å². The van der Waals surface area contributed by atoms with E-state index in [4.69, 9.17) is 15.2 Å². The molecule has 1 aliphatic rings. The summed E-state index contributed by atoms with van der Waals surface area (Å²) in [5, 5.41) is 5.85. The normalized spacial score (nSPS) is 22.9. The van der Waals surface area contributed by atoms with E-state index in [-0.39, 0.29) is 42.8 Å². The van der Waals surface area contributed by atoms with E-state index >= 15 is 0 Å². The molecule has 1 aliphatic carbocycles. The lowest BCUT2D eigenvalue weighted by atomic mass is 9.79. The highest BCUT2D eigenvalue weighted by Crippen LogP contribution is 2.29. The summed E-state index contributed by atoms with van der Waals surface area (Å²) in [6, 6.07) is -0.139. The van der Waals surface area contributed by atoms with E-state index < -0.39 is 17.3 Å². The van der Waals surface area contributed by atoms with Gasteiger partial charge in [0.15, 0.2) is 0 Å². The third kappa shape index (κ3) is 9.92. The van der Waals surface area contributed by atoms with Crippen LogP contribution in [0.3, 0.4) is 0 Å². The van der Waals surface area contributed by atoms with E-state index in [9.17, 15) is 14.4 Å². The summed E-state index contributed by atoms with van der Waals surface area (Å²) in [4.78, 5) is 35.9. The maximum atomic E-state index is 12.1. The first-order valence-corrected chi connectivity index (χ1v) is 10.00. The molecule has 28 heavy (non-hydrogen) atoms. The average molecular weight is 400 g/mol. The lowest BCUT2D eigenvalue weighted by Gasteiger charge is -2.37. The minimum absolute atomic E-state index is 0.0386. The number of carbonyl (C=O) groups is 3. The van der Waals surface area contributed by atoms with Crippen molar-refractivity contribution in [1.29, 1.82) is 0 Å². The Kier molecular flexibility index (Phi) is 8.73. The van der Waals surface area contributed by atoms with Crippen LogP contribution in [0.15, 0.2) is 0 Å². The van der Waals surface area contributed by atoms with Crippen LogP contribution >= 0.6 is 0 Å². The first kappa shape index (κ1) is 24.2. The van der Waals surface area contributed by atoms with Crippen LogP contribution in [0.5, 0.6) is 0 Å². The molecule has 2 amide bonds. The fourth-order valence-corrected chi connectivity index (χ4v) is 3.34. The molecule has 0 unspecified atom stereocenters. The highest BCUT2D eigenvalue weighted by atomic mass is 16.6. The largest absolute Gasteiger partial charge is 0.460 e. The van der Waals surface area contributed by atoms with Gasteiger partial charge in [-0.3, -0.25) is 9.59 Å². The highest BCUT2D eigenvalue weighted by Gasteiger charge is 2.33. The van der Waals surface area contributed by atoms with Crippen molar-refractivity contribution in [2.45, 2.75) is 96.9 Å². The number of ether oxygens (including phenoxy) is 2. The van der Waals surface area contributed by atoms with Crippen molar-refractivity contribution < 1.29 is 23.9 Å². The molecule has 0 radical (unpaired) electrons. The smallest absolute Gasteiger partial charge is 0.407 e. The van der Waals surface area contributed by atoms with Crippen LogP contribution in [-0.4, -0.2) is 47.8 Å². The molecule has 3 atom stereocenters. The van der Waals surface area contributed by atoms with Gasteiger partial charge in [0.25, 0.3) is 0 Å². The topological polar surface area (TPSA) is 120 Å². The van der Waals surface area contributed by atoms with Gasteiger partial charge in [0, 0.05) is 18.5 Å². The Bertz CT molecular complexity index is 551. The third-order valence-electron chi connectivity index (χ3n) is 4.37. The van der Waals surface area contributed by atoms with Crippen LogP contribution < -0.4 is 16.4 Å². The van der Waals surface area contributed by atoms with E-state index in [0.717, 1.165) is 6.42 Å². The van der Waals surface area contributed by atoms with E-state index in [2.05, 4.69) is 10.6 Å². The standard InChI is InChI=1S/C20H37N3O5/c1-19(2,3)27-17(25)10-7-13-11-14(22-18(26)28-20(4,5)6)8-9-15(13)23-16(24)12-21/h13-15H,7-12,21H2,1-6H3,(H,22,26)(H,23,24)/t13-,14-,15+/m1/s1. The number of nitrogens with two attached hydrogens (primary N) is 1. The Hall–Kier alpha value is -1.83. The number of hydrogen-bond donors (Lipinski definition) is 3. The summed E-state index contributed by atoms with van der Waals surface area (Å²) in [5.74, 6) is -0.443. The molecule has 1 fully saturated rings. The van der Waals surface area contributed by atoms with Gasteiger partial charge in [-0.1, -0.05) is 0 Å². The van der Waals surface area contributed by atoms with Gasteiger partial charge in [-0.15, -0.1) is 0 Å². The van der Waals surface area contributed by atoms with E-state index in [0.29, 0.717) is 19.3 Å². The Morgan fingerprint density at radius 2 is 1.57 bits per heavy atom. The number of amides is 2. The number of esters is 1. The second kappa shape index (κ2) is 10.1. The van der Waals surface area contributed by atoms with Crippen molar-refractivity contribution in [2.24, 2.45) is 11.7 Å². The summed E-state index contributed by atoms with van der Waals surface area (Å²) >= 11 is 0. The predicted molar refractivity (Wildman–Crippen MR) is 107 cm³/mol. The number of hydrogen-bond acceptors (Lipinski definition) is 6. The number of rotatable bonds is 6. The molecular formula is C20H37N3O5. The molecule has 0 bridgehead atoms. The van der Waals surface area contributed by atoms with Gasteiger partial charge < -0.3 is 25.8 Å². The number of alkyl carbamates (subject to hydrolysis) is 1. The summed E-state index contributed by atoms with van der Waals surface area (Å²) in [5.41, 5.74) is 4.33. The second-order valence-corrected chi connectivity index (χ2v) is 9.42. The molecule has 8 nitrogen and oxygen atoms in total. The molecule has 0 heterocycles. The van der Waals surface area contributed by atoms with Crippen molar-refractivity contribution in [3.05, 3.63) is 0 Å². The third-order valence-corrected chi connectivity index (χ3v) is 4.37. The quantitative estimate of drug-likeness (QED) is 0.589. The lowest BCUT2D eigenvalue weighted by molar-refractivity contribution is -0.155. The molecule has 1 rings (SSSR count). The Labute approximate surface area is 168 Å². The van der Waals surface area contributed by atoms with Gasteiger partial charge in [0.2, 0.25) is 5.91 Å². The Morgan fingerprint density at radius 3 is 2.11 bits per heavy atom. The van der Waals surface area contributed by atoms with E-state index in [1.165, 1.54) is 0 Å². The summed E-state index contributed by atoms with van der Waals surface area (Å²) in [6.45, 7) is 10.9. The molecule has 0 aliphatic heterocycles. The minimum atomic E-state index is -0.563. The van der Waals surface area contributed by atoms with Crippen LogP contribution in [0.2, 0.25) is 0 Å². The average Bonchev–Trinajstić information content (AvgIpc) is 2.51. The van der Waals surface area contributed by atoms with Gasteiger partial charge in [0.05, 0.1) is 6.54 Å². The zero-order valence-corrected chi connectivity index (χ0v) is 18.1. The maximum absolute atomic E-state index is 12.1. The van der Waals surface area contributed by atoms with Crippen LogP contribution in [0, 0.1) is 5.92 Å². The van der Waals surface area contributed by atoms with Crippen LogP contribution in [0.4, 0.5) is 4.79 Å². The van der Waals surface area contributed by atoms with Crippen LogP contribution in [-0.2, 0) is 19.1 Å². The monoisotopic (exact) mass is 399 g/mol. The Balaban J connectivity index is 2.68. The van der Waals surface area contributed by atoms with Crippen molar-refractivity contribution in [3.8, 4) is 0 Å². The molecular weight excluding hydrogens is 362 g/mol. The zero-order chi connectivity index (χ0) is 21.5. The number of carbonyl (C=O) groups excluding carboxylic acids is 3. The molecule has 0 spiro atoms. The van der Waals surface area contributed by atoms with Gasteiger partial charge in [-0.25, -0.2) is 4.79 Å². The molecule has 1 saturated carbocycles. The zero-order valence-electron chi connectivity index (χ0n) is 18.1. The molecule has 0 aromatic carbocycles. The highest BCUT2D eigenvalue weighted by molar-refractivity contribution is 5.78. The Morgan fingerprint density at radius 1 is 0.964 bits per heavy atom. The summed E-state index contributed by atoms with van der Waals surface area (Å²) < 4.78 is 10.7. The lowest BCUT2D eigenvalue weighted by Crippen LogP contribution is -2.50. The SMILES string of the molecule is CC(C)(C)OC(=O)CC[C@@H]1C[C@H](NC(=O)OC(C)(C)C)CC[C@@H]1NC(=O)CN. The van der Waals surface area contributed by atoms with Crippen LogP contribution in [0.25, 0.3) is 0 Å². The van der Waals surface area contributed by atoms with Crippen molar-refractivity contribution in [2.75, 3.05) is 6.54 Å². The molecule has 4 N–H and O–H groups in total. The fraction of sp³-hybridized carbons (Fsp3) is 0.850. The summed E-state index contributed by atoms with van der Waals surface area (Å²) in [7, 11) is 0. The molecule has 8 heteroatoms. The molecule has 0 aromatic rings. The minimum Gasteiger partial charge on any atom is -0.460 e. The maximum Gasteiger partial charge on any atom is 0.407 e. The van der Waals surface area contributed by atoms with Crippen LogP contribution in [0.1, 0.15) is 73.6 Å². The first-order valence-electron chi connectivity index (χ1n) is 10.00. The second-order valence-electron chi connectivity index (χ2n) is 9.42. The predicted octanol–water partition coefficient (Wildman–Crippen LogP) is 2.25. The van der Waals surface area contributed by atoms with Gasteiger partial charge in [0.1, 0.15) is 11.2 Å². The van der Waals surface area contributed by atoms with E-state index in [1.54, 1.807) is 0 Å². The molecule has 0 saturated heterocycles. The first-order chi connectivity index (χ1) is 12.8. The van der Waals surface area contributed by atoms with Gasteiger partial charge >= 0.3 is 12.1 Å². The summed E-state index contributed by atoms with van der Waals surface area (Å²) in [6.07, 6.45) is 2.45.